The Morgan fingerprint density at radius 2 is 1.05 bits per heavy atom. The van der Waals surface area contributed by atoms with E-state index in [1.807, 2.05) is 0 Å². The minimum Gasteiger partial charge on any atom is -0.480 e. The van der Waals surface area contributed by atoms with E-state index in [1.165, 1.54) is 34.6 Å². The van der Waals surface area contributed by atoms with Crippen LogP contribution in [0, 0.1) is 5.92 Å². The summed E-state index contributed by atoms with van der Waals surface area (Å²) in [6.45, 7) is 6.37. The number of hydrogen-bond acceptors (Lipinski definition) is 4. The van der Waals surface area contributed by atoms with Crippen molar-refractivity contribution in [2.24, 2.45) is 5.92 Å². The molecule has 0 fully saturated rings. The Kier molecular flexibility index (Phi) is 5.27. The van der Waals surface area contributed by atoms with Gasteiger partial charge < -0.3 is 20.8 Å². The molecule has 0 bridgehead atoms. The molecule has 0 radical (unpaired) electrons. The maximum absolute atomic E-state index is 11.8. The molecule has 0 atom stereocenters. The fourth-order valence-corrected chi connectivity index (χ4v) is 1.06. The van der Waals surface area contributed by atoms with Gasteiger partial charge in [0.15, 0.2) is 0 Å². The molecule has 0 heterocycles. The number of nitrogens with one attached hydrogen (secondary N) is 2. The van der Waals surface area contributed by atoms with E-state index >= 15 is 0 Å². The van der Waals surface area contributed by atoms with Crippen LogP contribution in [0.25, 0.3) is 0 Å². The number of rotatable bonds is 6. The van der Waals surface area contributed by atoms with Crippen molar-refractivity contribution in [3.63, 3.8) is 0 Å². The van der Waals surface area contributed by atoms with E-state index in [1.54, 1.807) is 0 Å². The van der Waals surface area contributed by atoms with Crippen LogP contribution in [0.4, 0.5) is 0 Å². The quantitative estimate of drug-likeness (QED) is 0.491. The second-order valence-corrected chi connectivity index (χ2v) is 5.56. The number of amides is 2. The van der Waals surface area contributed by atoms with Gasteiger partial charge >= 0.3 is 11.9 Å². The Morgan fingerprint density at radius 3 is 1.25 bits per heavy atom. The van der Waals surface area contributed by atoms with Gasteiger partial charge in [0, 0.05) is 0 Å². The molecule has 0 spiro atoms. The van der Waals surface area contributed by atoms with Gasteiger partial charge in [-0.3, -0.25) is 9.59 Å². The standard InChI is InChI=1S/C12H20N2O6/c1-6(7(15)13-11(2,3)9(17)18)8(16)14-12(4,5)10(19)20/h6H,1-5H3,(H,13,15)(H,14,16)(H,17,18)(H,19,20). The number of carbonyl (C=O) groups is 4. The van der Waals surface area contributed by atoms with Crippen LogP contribution in [0.2, 0.25) is 0 Å². The molecule has 0 saturated heterocycles. The number of aliphatic carboxylic acids is 2. The van der Waals surface area contributed by atoms with E-state index in [0.29, 0.717) is 0 Å². The highest BCUT2D eigenvalue weighted by atomic mass is 16.4. The molecule has 8 heteroatoms. The number of carboxylic acid groups (broad SMARTS) is 2. The first-order chi connectivity index (χ1) is 8.81. The summed E-state index contributed by atoms with van der Waals surface area (Å²) in [6.07, 6.45) is 0. The molecule has 0 aliphatic heterocycles. The Balaban J connectivity index is 4.80. The minimum atomic E-state index is -1.52. The van der Waals surface area contributed by atoms with Gasteiger partial charge in [-0.1, -0.05) is 0 Å². The molecule has 0 unspecified atom stereocenters. The lowest BCUT2D eigenvalue weighted by atomic mass is 10.0. The van der Waals surface area contributed by atoms with Crippen molar-refractivity contribution < 1.29 is 29.4 Å². The zero-order valence-electron chi connectivity index (χ0n) is 12.1. The van der Waals surface area contributed by atoms with Crippen LogP contribution in [0.3, 0.4) is 0 Å². The highest BCUT2D eigenvalue weighted by Crippen LogP contribution is 2.08. The van der Waals surface area contributed by atoms with Crippen LogP contribution in [0.5, 0.6) is 0 Å². The van der Waals surface area contributed by atoms with E-state index in [-0.39, 0.29) is 0 Å². The molecular weight excluding hydrogens is 268 g/mol. The first-order valence-corrected chi connectivity index (χ1v) is 5.92. The smallest absolute Gasteiger partial charge is 0.328 e. The minimum absolute atomic E-state index is 0.795. The normalized spacial score (nSPS) is 11.9. The summed E-state index contributed by atoms with van der Waals surface area (Å²) in [6, 6.07) is 0. The molecule has 0 aromatic rings. The molecule has 20 heavy (non-hydrogen) atoms. The number of hydrogen-bond donors (Lipinski definition) is 4. The lowest BCUT2D eigenvalue weighted by Crippen LogP contribution is -2.56. The van der Waals surface area contributed by atoms with Crippen molar-refractivity contribution in [2.75, 3.05) is 0 Å². The van der Waals surface area contributed by atoms with Gasteiger partial charge in [-0.05, 0) is 34.6 Å². The highest BCUT2D eigenvalue weighted by Gasteiger charge is 2.36. The summed E-state index contributed by atoms with van der Waals surface area (Å²) in [5.74, 6) is -5.30. The number of carbonyl (C=O) groups excluding carboxylic acids is 2. The maximum atomic E-state index is 11.8. The predicted molar refractivity (Wildman–Crippen MR) is 68.9 cm³/mol. The van der Waals surface area contributed by atoms with Crippen molar-refractivity contribution in [1.82, 2.24) is 10.6 Å². The molecule has 8 nitrogen and oxygen atoms in total. The van der Waals surface area contributed by atoms with Gasteiger partial charge in [0.05, 0.1) is 0 Å². The molecule has 0 aromatic carbocycles. The zero-order valence-corrected chi connectivity index (χ0v) is 12.1. The van der Waals surface area contributed by atoms with Crippen LogP contribution in [-0.4, -0.2) is 45.0 Å². The molecule has 114 valence electrons. The Labute approximate surface area is 116 Å². The third-order valence-electron chi connectivity index (χ3n) is 2.73. The first kappa shape index (κ1) is 17.9. The monoisotopic (exact) mass is 288 g/mol. The van der Waals surface area contributed by atoms with Crippen LogP contribution in [0.1, 0.15) is 34.6 Å². The van der Waals surface area contributed by atoms with Gasteiger partial charge in [0.1, 0.15) is 17.0 Å². The molecule has 4 N–H and O–H groups in total. The molecular formula is C12H20N2O6. The Morgan fingerprint density at radius 1 is 0.800 bits per heavy atom. The summed E-state index contributed by atoms with van der Waals surface area (Å²) >= 11 is 0. The van der Waals surface area contributed by atoms with Crippen molar-refractivity contribution in [3.8, 4) is 0 Å². The van der Waals surface area contributed by atoms with Crippen LogP contribution < -0.4 is 10.6 Å². The third-order valence-corrected chi connectivity index (χ3v) is 2.73. The maximum Gasteiger partial charge on any atom is 0.328 e. The van der Waals surface area contributed by atoms with Crippen LogP contribution in [-0.2, 0) is 19.2 Å². The van der Waals surface area contributed by atoms with Crippen molar-refractivity contribution in [3.05, 3.63) is 0 Å². The van der Waals surface area contributed by atoms with Gasteiger partial charge in [0.2, 0.25) is 11.8 Å². The molecule has 0 aromatic heterocycles. The van der Waals surface area contributed by atoms with E-state index in [4.69, 9.17) is 10.2 Å². The van der Waals surface area contributed by atoms with Gasteiger partial charge in [-0.15, -0.1) is 0 Å². The average molecular weight is 288 g/mol. The van der Waals surface area contributed by atoms with E-state index in [0.717, 1.165) is 0 Å². The van der Waals surface area contributed by atoms with Crippen molar-refractivity contribution in [1.29, 1.82) is 0 Å². The van der Waals surface area contributed by atoms with Crippen LogP contribution >= 0.6 is 0 Å². The topological polar surface area (TPSA) is 133 Å². The molecule has 0 saturated carbocycles. The van der Waals surface area contributed by atoms with Crippen LogP contribution in [0.15, 0.2) is 0 Å². The van der Waals surface area contributed by atoms with Crippen molar-refractivity contribution in [2.45, 2.75) is 45.7 Å². The average Bonchev–Trinajstić information content (AvgIpc) is 2.26. The van der Waals surface area contributed by atoms with E-state index in [2.05, 4.69) is 10.6 Å². The molecule has 0 rings (SSSR count). The zero-order chi connectivity index (χ0) is 16.3. The Hall–Kier alpha value is -2.12. The largest absolute Gasteiger partial charge is 0.480 e. The molecule has 2 amide bonds. The number of carboxylic acids is 2. The van der Waals surface area contributed by atoms with Gasteiger partial charge in [-0.25, -0.2) is 9.59 Å². The fraction of sp³-hybridized carbons (Fsp3) is 0.667. The lowest BCUT2D eigenvalue weighted by Gasteiger charge is -2.26. The molecule has 0 aliphatic rings. The van der Waals surface area contributed by atoms with E-state index < -0.39 is 40.7 Å². The lowest BCUT2D eigenvalue weighted by molar-refractivity contribution is -0.149. The third kappa shape index (κ3) is 4.52. The summed E-state index contributed by atoms with van der Waals surface area (Å²) < 4.78 is 0. The fourth-order valence-electron chi connectivity index (χ4n) is 1.06. The van der Waals surface area contributed by atoms with E-state index in [9.17, 15) is 19.2 Å². The van der Waals surface area contributed by atoms with Gasteiger partial charge in [-0.2, -0.15) is 0 Å². The summed E-state index contributed by atoms with van der Waals surface area (Å²) in [5.41, 5.74) is -3.04. The second-order valence-electron chi connectivity index (χ2n) is 5.56. The summed E-state index contributed by atoms with van der Waals surface area (Å²) in [7, 11) is 0. The predicted octanol–water partition coefficient (Wildman–Crippen LogP) is -0.419. The van der Waals surface area contributed by atoms with Crippen molar-refractivity contribution >= 4 is 23.8 Å². The Bertz CT molecular complexity index is 401. The second kappa shape index (κ2) is 5.89. The first-order valence-electron chi connectivity index (χ1n) is 5.92. The van der Waals surface area contributed by atoms with Gasteiger partial charge in [0.25, 0.3) is 0 Å². The molecule has 0 aliphatic carbocycles. The SMILES string of the molecule is CC(C(=O)NC(C)(C)C(=O)O)C(=O)NC(C)(C)C(=O)O. The summed E-state index contributed by atoms with van der Waals surface area (Å²) in [4.78, 5) is 45.3. The highest BCUT2D eigenvalue weighted by molar-refractivity contribution is 6.02. The summed E-state index contributed by atoms with van der Waals surface area (Å²) in [5, 5.41) is 22.2.